The third kappa shape index (κ3) is 4.08. The smallest absolute Gasteiger partial charge is 0.332 e. The number of hydrogen-bond donors (Lipinski definition) is 2. The molecule has 3 aromatic heterocycles. The van der Waals surface area contributed by atoms with Crippen molar-refractivity contribution in [3.05, 3.63) is 56.8 Å². The van der Waals surface area contributed by atoms with E-state index in [-0.39, 0.29) is 29.6 Å². The molecule has 0 aliphatic carbocycles. The van der Waals surface area contributed by atoms with E-state index in [4.69, 9.17) is 4.74 Å². The van der Waals surface area contributed by atoms with Crippen LogP contribution >= 0.6 is 0 Å². The number of benzene rings is 1. The highest BCUT2D eigenvalue weighted by atomic mass is 16.5. The third-order valence-electron chi connectivity index (χ3n) is 8.72. The first-order chi connectivity index (χ1) is 18.9. The van der Waals surface area contributed by atoms with E-state index in [0.717, 1.165) is 21.4 Å². The summed E-state index contributed by atoms with van der Waals surface area (Å²) in [5.41, 5.74) is 0.108. The second-order valence-corrected chi connectivity index (χ2v) is 11.9. The molecule has 0 bridgehead atoms. The average Bonchev–Trinajstić information content (AvgIpc) is 3.57. The van der Waals surface area contributed by atoms with Crippen molar-refractivity contribution in [2.75, 3.05) is 19.7 Å². The van der Waals surface area contributed by atoms with Gasteiger partial charge in [0.2, 0.25) is 0 Å². The number of piperidine rings is 1. The molecule has 12 heteroatoms. The van der Waals surface area contributed by atoms with Gasteiger partial charge in [0.05, 0.1) is 35.6 Å². The van der Waals surface area contributed by atoms with Crippen LogP contribution in [0, 0.1) is 0 Å². The van der Waals surface area contributed by atoms with Crippen molar-refractivity contribution in [1.82, 2.24) is 33.6 Å². The van der Waals surface area contributed by atoms with E-state index in [1.165, 1.54) is 17.9 Å². The van der Waals surface area contributed by atoms with Gasteiger partial charge in [0.25, 0.3) is 11.5 Å². The molecule has 12 nitrogen and oxygen atoms in total. The molecule has 2 N–H and O–H groups in total. The van der Waals surface area contributed by atoms with Crippen LogP contribution in [0.4, 0.5) is 0 Å². The SMILES string of the molecule is CC(C)c1nc2ccc(C(=O)N3CCC4(CC3)C[C@H](n3cnc5c3c(=O)n(C)c(=O)n5C)[C@@](C)(O)CO4)cc2[nH]1. The zero-order chi connectivity index (χ0) is 28.6. The van der Waals surface area contributed by atoms with Crippen LogP contribution in [0.5, 0.6) is 0 Å². The van der Waals surface area contributed by atoms with Gasteiger partial charge in [0.15, 0.2) is 11.2 Å². The number of H-pyrrole nitrogens is 1. The van der Waals surface area contributed by atoms with Crippen molar-refractivity contribution < 1.29 is 14.6 Å². The molecular weight excluding hydrogens is 514 g/mol. The first kappa shape index (κ1) is 26.5. The number of aliphatic hydroxyl groups is 1. The summed E-state index contributed by atoms with van der Waals surface area (Å²) >= 11 is 0. The van der Waals surface area contributed by atoms with Crippen molar-refractivity contribution in [2.45, 2.75) is 63.2 Å². The average molecular weight is 550 g/mol. The maximum Gasteiger partial charge on any atom is 0.332 e. The van der Waals surface area contributed by atoms with Crippen LogP contribution in [-0.2, 0) is 18.8 Å². The molecule has 2 atom stereocenters. The molecule has 2 fully saturated rings. The fraction of sp³-hybridized carbons (Fsp3) is 0.536. The fourth-order valence-electron chi connectivity index (χ4n) is 6.11. The summed E-state index contributed by atoms with van der Waals surface area (Å²) in [5.74, 6) is 1.12. The number of likely N-dealkylation sites (tertiary alicyclic amines) is 1. The summed E-state index contributed by atoms with van der Waals surface area (Å²) in [4.78, 5) is 53.0. The van der Waals surface area contributed by atoms with Gasteiger partial charge in [0.1, 0.15) is 11.4 Å². The largest absolute Gasteiger partial charge is 0.386 e. The number of aryl methyl sites for hydroxylation is 1. The zero-order valence-electron chi connectivity index (χ0n) is 23.5. The van der Waals surface area contributed by atoms with Crippen molar-refractivity contribution in [2.24, 2.45) is 14.1 Å². The monoisotopic (exact) mass is 549 g/mol. The molecule has 6 rings (SSSR count). The molecule has 212 valence electrons. The predicted octanol–water partition coefficient (Wildman–Crippen LogP) is 1.82. The lowest BCUT2D eigenvalue weighted by Gasteiger charge is -2.51. The Morgan fingerprint density at radius 2 is 1.90 bits per heavy atom. The van der Waals surface area contributed by atoms with E-state index in [1.807, 2.05) is 23.1 Å². The van der Waals surface area contributed by atoms with Crippen molar-refractivity contribution in [3.8, 4) is 0 Å². The van der Waals surface area contributed by atoms with Gasteiger partial charge >= 0.3 is 5.69 Å². The molecule has 1 spiro atoms. The summed E-state index contributed by atoms with van der Waals surface area (Å²) in [6, 6.07) is 5.06. The second kappa shape index (κ2) is 9.13. The van der Waals surface area contributed by atoms with E-state index in [0.29, 0.717) is 37.9 Å². The highest BCUT2D eigenvalue weighted by molar-refractivity contribution is 5.97. The van der Waals surface area contributed by atoms with Gasteiger partial charge in [-0.05, 0) is 38.0 Å². The molecule has 0 radical (unpaired) electrons. The summed E-state index contributed by atoms with van der Waals surface area (Å²) in [6.45, 7) is 6.92. The molecule has 0 saturated carbocycles. The van der Waals surface area contributed by atoms with Crippen LogP contribution in [-0.4, -0.2) is 75.5 Å². The van der Waals surface area contributed by atoms with Crippen molar-refractivity contribution in [3.63, 3.8) is 0 Å². The molecular formula is C28H35N7O5. The number of nitrogens with one attached hydrogen (secondary N) is 1. The van der Waals surface area contributed by atoms with Crippen LogP contribution in [0.25, 0.3) is 22.2 Å². The number of aromatic amines is 1. The number of carbonyl (C=O) groups is 1. The number of imidazole rings is 2. The molecule has 1 amide bonds. The van der Waals surface area contributed by atoms with E-state index >= 15 is 0 Å². The third-order valence-corrected chi connectivity index (χ3v) is 8.72. The van der Waals surface area contributed by atoms with Crippen LogP contribution in [0.1, 0.15) is 68.2 Å². The molecule has 2 aliphatic rings. The van der Waals surface area contributed by atoms with Crippen LogP contribution < -0.4 is 11.2 Å². The van der Waals surface area contributed by atoms with Gasteiger partial charge in [-0.3, -0.25) is 18.7 Å². The van der Waals surface area contributed by atoms with Crippen molar-refractivity contribution >= 4 is 28.1 Å². The highest BCUT2D eigenvalue weighted by Crippen LogP contribution is 2.44. The number of nitrogens with zero attached hydrogens (tertiary/aromatic N) is 6. The Balaban J connectivity index is 1.24. The van der Waals surface area contributed by atoms with Crippen molar-refractivity contribution in [1.29, 1.82) is 0 Å². The number of rotatable bonds is 3. The number of amides is 1. The van der Waals surface area contributed by atoms with Gasteiger partial charge in [0, 0.05) is 45.1 Å². The van der Waals surface area contributed by atoms with Gasteiger partial charge in [-0.2, -0.15) is 0 Å². The standard InChI is InChI=1S/C28H35N7O5/c1-16(2)22-30-18-7-6-17(12-19(18)31-22)24(36)34-10-8-28(9-11-34)13-20(27(3,39)14-40-28)35-15-29-23-21(35)25(37)33(5)26(38)32(23)4/h6-7,12,15-16,20,39H,8-11,13-14H2,1-5H3,(H,30,31)/t20-,27-/m0/s1. The number of carbonyl (C=O) groups excluding carboxylic acids is 1. The quantitative estimate of drug-likeness (QED) is 0.397. The normalized spacial score (nSPS) is 23.1. The Kier molecular flexibility index (Phi) is 6.04. The maximum atomic E-state index is 13.4. The van der Waals surface area contributed by atoms with E-state index in [1.54, 1.807) is 18.5 Å². The van der Waals surface area contributed by atoms with Crippen LogP contribution in [0.15, 0.2) is 34.1 Å². The molecule has 4 aromatic rings. The summed E-state index contributed by atoms with van der Waals surface area (Å²) in [7, 11) is 3.01. The number of ether oxygens (including phenoxy) is 1. The van der Waals surface area contributed by atoms with Gasteiger partial charge in [-0.1, -0.05) is 13.8 Å². The Morgan fingerprint density at radius 1 is 1.18 bits per heavy atom. The van der Waals surface area contributed by atoms with Gasteiger partial charge in [-0.15, -0.1) is 0 Å². The number of hydrogen-bond acceptors (Lipinski definition) is 7. The van der Waals surface area contributed by atoms with Gasteiger partial charge in [-0.25, -0.2) is 14.8 Å². The summed E-state index contributed by atoms with van der Waals surface area (Å²) < 4.78 is 10.4. The summed E-state index contributed by atoms with van der Waals surface area (Å²) in [5, 5.41) is 11.4. The Hall–Kier alpha value is -3.77. The predicted molar refractivity (Wildman–Crippen MR) is 148 cm³/mol. The van der Waals surface area contributed by atoms with Gasteiger partial charge < -0.3 is 24.3 Å². The number of aromatic nitrogens is 6. The first-order valence-electron chi connectivity index (χ1n) is 13.7. The lowest BCUT2D eigenvalue weighted by molar-refractivity contribution is -0.198. The molecule has 40 heavy (non-hydrogen) atoms. The maximum absolute atomic E-state index is 13.4. The molecule has 0 unspecified atom stereocenters. The minimum absolute atomic E-state index is 0.0400. The molecule has 5 heterocycles. The second-order valence-electron chi connectivity index (χ2n) is 11.9. The van der Waals surface area contributed by atoms with E-state index in [9.17, 15) is 19.5 Å². The minimum Gasteiger partial charge on any atom is -0.386 e. The van der Waals surface area contributed by atoms with E-state index in [2.05, 4.69) is 28.8 Å². The Morgan fingerprint density at radius 3 is 2.60 bits per heavy atom. The minimum atomic E-state index is -1.26. The zero-order valence-corrected chi connectivity index (χ0v) is 23.5. The topological polar surface area (TPSA) is 140 Å². The van der Waals surface area contributed by atoms with Crippen LogP contribution in [0.3, 0.4) is 0 Å². The van der Waals surface area contributed by atoms with Crippen LogP contribution in [0.2, 0.25) is 0 Å². The fourth-order valence-corrected chi connectivity index (χ4v) is 6.11. The Labute approximate surface area is 230 Å². The Bertz CT molecular complexity index is 1750. The van der Waals surface area contributed by atoms with E-state index < -0.39 is 28.5 Å². The molecule has 2 saturated heterocycles. The molecule has 1 aromatic carbocycles. The summed E-state index contributed by atoms with van der Waals surface area (Å²) in [6.07, 6.45) is 3.16. The molecule has 2 aliphatic heterocycles. The first-order valence-corrected chi connectivity index (χ1v) is 13.7. The lowest BCUT2D eigenvalue weighted by Crippen LogP contribution is -2.57. The number of fused-ring (bicyclic) bond motifs is 2. The lowest BCUT2D eigenvalue weighted by atomic mass is 9.77. The highest BCUT2D eigenvalue weighted by Gasteiger charge is 2.50.